The van der Waals surface area contributed by atoms with E-state index in [0.717, 1.165) is 34.6 Å². The number of hydrogen-bond acceptors (Lipinski definition) is 5. The number of carbonyl (C=O) groups is 1. The summed E-state index contributed by atoms with van der Waals surface area (Å²) in [5, 5.41) is 3.38. The minimum atomic E-state index is -0.224. The molecule has 0 atom stereocenters. The smallest absolute Gasteiger partial charge is 0.281 e. The highest BCUT2D eigenvalue weighted by molar-refractivity contribution is 7.80. The molecule has 6 nitrogen and oxygen atoms in total. The molecule has 5 rings (SSSR count). The van der Waals surface area contributed by atoms with E-state index in [0.29, 0.717) is 35.5 Å². The molecule has 0 spiro atoms. The molecule has 1 heterocycles. The zero-order valence-corrected chi connectivity index (χ0v) is 23.2. The van der Waals surface area contributed by atoms with Gasteiger partial charge in [0.2, 0.25) is 0 Å². The number of ether oxygens (including phenoxy) is 3. The van der Waals surface area contributed by atoms with E-state index in [9.17, 15) is 4.79 Å². The Morgan fingerprint density at radius 1 is 0.850 bits per heavy atom. The number of thiocarbonyl (C=S) groups is 1. The van der Waals surface area contributed by atoms with Gasteiger partial charge < -0.3 is 19.5 Å². The van der Waals surface area contributed by atoms with Gasteiger partial charge in [-0.05, 0) is 84.4 Å². The molecule has 0 aliphatic carbocycles. The topological polar surface area (TPSA) is 60.0 Å². The van der Waals surface area contributed by atoms with Crippen molar-refractivity contribution in [3.63, 3.8) is 0 Å². The van der Waals surface area contributed by atoms with Crippen LogP contribution < -0.4 is 24.4 Å². The number of benzene rings is 4. The van der Waals surface area contributed by atoms with Crippen molar-refractivity contribution < 1.29 is 19.0 Å². The zero-order chi connectivity index (χ0) is 27.9. The lowest BCUT2D eigenvalue weighted by atomic mass is 10.0. The maximum absolute atomic E-state index is 13.3. The van der Waals surface area contributed by atoms with Gasteiger partial charge in [-0.25, -0.2) is 0 Å². The summed E-state index contributed by atoms with van der Waals surface area (Å²) in [7, 11) is 1.63. The van der Waals surface area contributed by atoms with Crippen LogP contribution in [0.2, 0.25) is 0 Å². The summed E-state index contributed by atoms with van der Waals surface area (Å²) in [6.45, 7) is 2.81. The average molecular weight is 551 g/mol. The molecule has 0 bridgehead atoms. The number of para-hydroxylation sites is 1. The molecule has 1 saturated heterocycles. The van der Waals surface area contributed by atoms with Crippen LogP contribution in [-0.4, -0.2) is 24.7 Å². The lowest BCUT2D eigenvalue weighted by molar-refractivity contribution is -0.113. The van der Waals surface area contributed by atoms with E-state index in [1.165, 1.54) is 10.5 Å². The molecule has 1 amide bonds. The predicted molar refractivity (Wildman–Crippen MR) is 162 cm³/mol. The largest absolute Gasteiger partial charge is 0.496 e. The fourth-order valence-electron chi connectivity index (χ4n) is 4.56. The number of amides is 1. The van der Waals surface area contributed by atoms with E-state index < -0.39 is 0 Å². The van der Waals surface area contributed by atoms with E-state index in [2.05, 4.69) is 23.5 Å². The number of nitrogens with one attached hydrogen (secondary N) is 1. The van der Waals surface area contributed by atoms with Crippen molar-refractivity contribution in [2.75, 3.05) is 18.6 Å². The Labute approximate surface area is 239 Å². The minimum Gasteiger partial charge on any atom is -0.496 e. The molecule has 0 unspecified atom stereocenters. The lowest BCUT2D eigenvalue weighted by Crippen LogP contribution is -2.30. The SMILES string of the molecule is CCOc1ccc(N2C(=O)/C(=C\c3ccc(OC)c(COc4ccccc4Cc4ccccc4)c3)NC2=S)cc1. The molecule has 202 valence electrons. The summed E-state index contributed by atoms with van der Waals surface area (Å²) >= 11 is 5.48. The molecular weight excluding hydrogens is 520 g/mol. The molecule has 0 aromatic heterocycles. The third-order valence-electron chi connectivity index (χ3n) is 6.49. The second kappa shape index (κ2) is 12.5. The Kier molecular flexibility index (Phi) is 8.42. The molecule has 4 aromatic rings. The first-order chi connectivity index (χ1) is 19.6. The molecule has 7 heteroatoms. The first kappa shape index (κ1) is 27.0. The molecule has 0 radical (unpaired) electrons. The standard InChI is InChI=1S/C33H30N2O4S/c1-3-38-28-16-14-27(15-17-28)35-32(36)29(34-33(35)40)21-24-13-18-30(37-2)26(20-24)22-39-31-12-8-7-11-25(31)19-23-9-5-4-6-10-23/h4-18,20-21H,3,19,22H2,1-2H3,(H,34,40)/b29-21+. The van der Waals surface area contributed by atoms with Gasteiger partial charge in [0.15, 0.2) is 5.11 Å². The van der Waals surface area contributed by atoms with Crippen molar-refractivity contribution in [2.45, 2.75) is 20.0 Å². The Bertz CT molecular complexity index is 1530. The van der Waals surface area contributed by atoms with Crippen molar-refractivity contribution in [1.82, 2.24) is 5.32 Å². The number of nitrogens with zero attached hydrogens (tertiary/aromatic N) is 1. The van der Waals surface area contributed by atoms with Gasteiger partial charge in [-0.1, -0.05) is 54.6 Å². The Morgan fingerprint density at radius 3 is 2.35 bits per heavy atom. The summed E-state index contributed by atoms with van der Waals surface area (Å²) in [6.07, 6.45) is 2.56. The molecule has 1 aliphatic rings. The van der Waals surface area contributed by atoms with Crippen molar-refractivity contribution in [3.05, 3.63) is 125 Å². The third-order valence-corrected chi connectivity index (χ3v) is 6.78. The highest BCUT2D eigenvalue weighted by Gasteiger charge is 2.32. The van der Waals surface area contributed by atoms with Crippen LogP contribution in [0, 0.1) is 0 Å². The summed E-state index contributed by atoms with van der Waals surface area (Å²) < 4.78 is 17.4. The third kappa shape index (κ3) is 6.16. The number of carbonyl (C=O) groups excluding carboxylic acids is 1. The van der Waals surface area contributed by atoms with E-state index in [1.807, 2.05) is 85.8 Å². The lowest BCUT2D eigenvalue weighted by Gasteiger charge is -2.15. The van der Waals surface area contributed by atoms with Gasteiger partial charge in [-0.15, -0.1) is 0 Å². The van der Waals surface area contributed by atoms with Crippen molar-refractivity contribution in [3.8, 4) is 17.2 Å². The maximum Gasteiger partial charge on any atom is 0.281 e. The summed E-state index contributed by atoms with van der Waals surface area (Å²) in [5.41, 5.74) is 5.08. The summed E-state index contributed by atoms with van der Waals surface area (Å²) in [5.74, 6) is 2.04. The van der Waals surface area contributed by atoms with Crippen molar-refractivity contribution >= 4 is 35.0 Å². The van der Waals surface area contributed by atoms with E-state index in [-0.39, 0.29) is 5.91 Å². The second-order valence-electron chi connectivity index (χ2n) is 9.19. The average Bonchev–Trinajstić information content (AvgIpc) is 3.25. The van der Waals surface area contributed by atoms with E-state index >= 15 is 0 Å². The fourth-order valence-corrected chi connectivity index (χ4v) is 4.86. The Morgan fingerprint density at radius 2 is 1.60 bits per heavy atom. The fraction of sp³-hybridized carbons (Fsp3) is 0.152. The van der Waals surface area contributed by atoms with Crippen molar-refractivity contribution in [1.29, 1.82) is 0 Å². The quantitative estimate of drug-likeness (QED) is 0.179. The number of rotatable bonds is 10. The van der Waals surface area contributed by atoms with Gasteiger partial charge in [-0.3, -0.25) is 9.69 Å². The van der Waals surface area contributed by atoms with Crippen LogP contribution in [0.4, 0.5) is 5.69 Å². The monoisotopic (exact) mass is 550 g/mol. The number of hydrogen-bond donors (Lipinski definition) is 1. The Balaban J connectivity index is 1.34. The summed E-state index contributed by atoms with van der Waals surface area (Å²) in [4.78, 5) is 14.7. The first-order valence-electron chi connectivity index (χ1n) is 13.1. The van der Waals surface area contributed by atoms with E-state index in [1.54, 1.807) is 13.2 Å². The maximum atomic E-state index is 13.3. The number of anilines is 1. The number of methoxy groups -OCH3 is 1. The molecule has 0 saturated carbocycles. The second-order valence-corrected chi connectivity index (χ2v) is 9.57. The highest BCUT2D eigenvalue weighted by Crippen LogP contribution is 2.28. The highest BCUT2D eigenvalue weighted by atomic mass is 32.1. The van der Waals surface area contributed by atoms with Crippen LogP contribution in [0.15, 0.2) is 103 Å². The van der Waals surface area contributed by atoms with Crippen LogP contribution in [-0.2, 0) is 17.8 Å². The summed E-state index contributed by atoms with van der Waals surface area (Å²) in [6, 6.07) is 31.4. The van der Waals surface area contributed by atoms with Crippen LogP contribution in [0.3, 0.4) is 0 Å². The molecule has 1 fully saturated rings. The molecule has 1 N–H and O–H groups in total. The van der Waals surface area contributed by atoms with Crippen LogP contribution in [0.5, 0.6) is 17.2 Å². The van der Waals surface area contributed by atoms with Gasteiger partial charge in [0.05, 0.1) is 19.4 Å². The minimum absolute atomic E-state index is 0.224. The van der Waals surface area contributed by atoms with Crippen LogP contribution >= 0.6 is 12.2 Å². The van der Waals surface area contributed by atoms with Crippen molar-refractivity contribution in [2.24, 2.45) is 0 Å². The van der Waals surface area contributed by atoms with Gasteiger partial charge in [-0.2, -0.15) is 0 Å². The normalized spacial score (nSPS) is 13.8. The van der Waals surface area contributed by atoms with Gasteiger partial charge in [0.25, 0.3) is 5.91 Å². The first-order valence-corrected chi connectivity index (χ1v) is 13.5. The molecule has 1 aliphatic heterocycles. The van der Waals surface area contributed by atoms with Crippen LogP contribution in [0.25, 0.3) is 6.08 Å². The molecular formula is C33H30N2O4S. The van der Waals surface area contributed by atoms with Crippen LogP contribution in [0.1, 0.15) is 29.2 Å². The molecule has 40 heavy (non-hydrogen) atoms. The molecule has 4 aromatic carbocycles. The predicted octanol–water partition coefficient (Wildman–Crippen LogP) is 6.53. The van der Waals surface area contributed by atoms with E-state index in [4.69, 9.17) is 26.4 Å². The van der Waals surface area contributed by atoms with Gasteiger partial charge >= 0.3 is 0 Å². The Hall–Kier alpha value is -4.62. The van der Waals surface area contributed by atoms with Gasteiger partial charge in [0, 0.05) is 12.0 Å². The van der Waals surface area contributed by atoms with Gasteiger partial charge in [0.1, 0.15) is 29.6 Å². The zero-order valence-electron chi connectivity index (χ0n) is 22.4.